The van der Waals surface area contributed by atoms with E-state index in [4.69, 9.17) is 20.8 Å². The van der Waals surface area contributed by atoms with E-state index in [2.05, 4.69) is 54.3 Å². The molecule has 2 saturated heterocycles. The highest BCUT2D eigenvalue weighted by Gasteiger charge is 2.49. The lowest BCUT2D eigenvalue weighted by Crippen LogP contribution is -2.42. The third kappa shape index (κ3) is 17.8. The van der Waals surface area contributed by atoms with Gasteiger partial charge in [0.15, 0.2) is 8.32 Å². The third-order valence-corrected chi connectivity index (χ3v) is 25.9. The predicted octanol–water partition coefficient (Wildman–Crippen LogP) is 13.3. The van der Waals surface area contributed by atoms with Crippen molar-refractivity contribution in [2.75, 3.05) is 85.7 Å². The minimum atomic E-state index is -6.14. The van der Waals surface area contributed by atoms with Gasteiger partial charge >= 0.3 is 11.5 Å². The van der Waals surface area contributed by atoms with Gasteiger partial charge in [0, 0.05) is 89.2 Å². The van der Waals surface area contributed by atoms with Crippen LogP contribution in [0, 0.1) is 11.8 Å². The third-order valence-electron chi connectivity index (χ3n) is 17.1. The molecule has 0 radical (unpaired) electrons. The van der Waals surface area contributed by atoms with Crippen LogP contribution in [0.5, 0.6) is 0 Å². The number of esters is 1. The van der Waals surface area contributed by atoms with E-state index in [1.807, 2.05) is 89.5 Å². The molecule has 1 unspecified atom stereocenters. The summed E-state index contributed by atoms with van der Waals surface area (Å²) >= 11 is 7.68. The van der Waals surface area contributed by atoms with Gasteiger partial charge in [0.1, 0.15) is 4.90 Å². The number of ether oxygens (including phenoxy) is 1. The number of carbonyl (C=O) groups is 3. The van der Waals surface area contributed by atoms with E-state index < -0.39 is 67.2 Å². The number of hydrogen-bond donors (Lipinski definition) is 4. The Morgan fingerprint density at radius 2 is 1.37 bits per heavy atom. The number of nitrogens with one attached hydrogen (secondary N) is 3. The van der Waals surface area contributed by atoms with Gasteiger partial charge in [-0.3, -0.25) is 14.4 Å². The van der Waals surface area contributed by atoms with Crippen LogP contribution < -0.4 is 25.2 Å². The minimum absolute atomic E-state index is 0.00919. The highest BCUT2D eigenvalue weighted by Crippen LogP contribution is 2.41. The number of amides is 2. The van der Waals surface area contributed by atoms with Gasteiger partial charge in [-0.25, -0.2) is 21.6 Å². The number of rotatable bonds is 25. The fraction of sp³-hybridized carbons (Fsp3) is 0.409. The van der Waals surface area contributed by atoms with Crippen LogP contribution in [0.4, 0.5) is 35.9 Å². The van der Waals surface area contributed by atoms with Crippen molar-refractivity contribution in [1.29, 1.82) is 0 Å². The topological polar surface area (TPSA) is 204 Å². The average molecular weight is 1330 g/mol. The zero-order valence-corrected chi connectivity index (χ0v) is 55.9. The SMILES string of the molecule is CCOC(=O)C1CCN(c2ccc(NC(=O)c3ccc(-c4ccc(Cl)cc4)c([C@@H](O)C4CCN(c5ccc(C(=O)NS(=O)(=O)c6ccc(NC(CCN(C)CCO[Si](C)(C)C(C)(C)C)CSc7ccccc7)c(S(=O)(=O)C(F)(F)F)c6)cc5)CC4)c3)cc2)CC1. The van der Waals surface area contributed by atoms with Gasteiger partial charge < -0.3 is 39.6 Å². The van der Waals surface area contributed by atoms with Gasteiger partial charge in [-0.1, -0.05) is 68.8 Å². The largest absolute Gasteiger partial charge is 0.501 e. The molecule has 0 saturated carbocycles. The van der Waals surface area contributed by atoms with E-state index in [1.165, 1.54) is 23.9 Å². The Balaban J connectivity index is 0.912. The van der Waals surface area contributed by atoms with Crippen LogP contribution in [-0.4, -0.2) is 130 Å². The highest BCUT2D eigenvalue weighted by atomic mass is 35.5. The molecule has 0 spiro atoms. The second-order valence-corrected chi connectivity index (χ2v) is 34.3. The smallest absolute Gasteiger partial charge is 0.466 e. The van der Waals surface area contributed by atoms with E-state index in [0.29, 0.717) is 124 Å². The maximum absolute atomic E-state index is 14.4. The van der Waals surface area contributed by atoms with E-state index in [-0.39, 0.29) is 34.3 Å². The standard InChI is InChI=1S/C66H80ClF3N6O10S3Si/c1-8-85-64(80)48-32-38-76(39-33-48)54-25-21-51(22-26-54)72-62(78)49-18-28-57(45-14-19-50(67)20-15-45)58(42-49)61(77)46-30-36-75(37-31-46)53-23-16-47(17-24-53)63(79)73-89(83,84)56-27-29-59(60(43-56)88(81,82)66(68,69)70)71-52(44-87-55-12-10-9-11-13-55)34-35-74(5)40-41-86-90(6,7)65(2,3)4/h9-29,42-43,46,48,52,61,71,77H,8,30-41,44H2,1-7H3,(H,72,78)(H,73,79)/t52?,61-/m0/s1. The number of thioether (sulfide) groups is 1. The van der Waals surface area contributed by atoms with Crippen molar-refractivity contribution in [3.8, 4) is 11.1 Å². The summed E-state index contributed by atoms with van der Waals surface area (Å²) in [4.78, 5) is 44.7. The van der Waals surface area contributed by atoms with Gasteiger partial charge in [0.25, 0.3) is 31.7 Å². The summed E-state index contributed by atoms with van der Waals surface area (Å²) in [7, 11) is -11.2. The number of benzene rings is 6. The summed E-state index contributed by atoms with van der Waals surface area (Å²) in [6, 6.07) is 37.1. The lowest BCUT2D eigenvalue weighted by molar-refractivity contribution is -0.148. The van der Waals surface area contributed by atoms with Gasteiger partial charge in [-0.05, 0) is 196 Å². The minimum Gasteiger partial charge on any atom is -0.466 e. The maximum Gasteiger partial charge on any atom is 0.501 e. The number of sulfone groups is 1. The summed E-state index contributed by atoms with van der Waals surface area (Å²) in [5, 5.41) is 18.7. The number of carbonyl (C=O) groups excluding carboxylic acids is 3. The molecule has 2 aliphatic rings. The molecule has 2 atom stereocenters. The molecule has 24 heteroatoms. The fourth-order valence-corrected chi connectivity index (χ4v) is 14.8. The molecule has 6 aromatic rings. The first-order valence-corrected chi connectivity index (χ1v) is 37.3. The van der Waals surface area contributed by atoms with E-state index in [0.717, 1.165) is 33.8 Å². The number of alkyl halides is 3. The van der Waals surface area contributed by atoms with Crippen LogP contribution in [0.2, 0.25) is 23.2 Å². The van der Waals surface area contributed by atoms with Gasteiger partial charge in [-0.15, -0.1) is 11.8 Å². The Bertz CT molecular complexity index is 3660. The molecule has 484 valence electrons. The monoisotopic (exact) mass is 1330 g/mol. The highest BCUT2D eigenvalue weighted by molar-refractivity contribution is 7.99. The van der Waals surface area contributed by atoms with Gasteiger partial charge in [0.05, 0.1) is 29.2 Å². The second kappa shape index (κ2) is 29.9. The number of likely N-dealkylation sites (N-methyl/N-ethyl adjacent to an activating group) is 1. The number of aliphatic hydroxyl groups is 1. The van der Waals surface area contributed by atoms with Crippen molar-refractivity contribution in [3.05, 3.63) is 161 Å². The number of nitrogens with zero attached hydrogens (tertiary/aromatic N) is 3. The summed E-state index contributed by atoms with van der Waals surface area (Å²) in [5.74, 6) is -1.66. The molecule has 90 heavy (non-hydrogen) atoms. The Morgan fingerprint density at radius 3 is 1.97 bits per heavy atom. The molecule has 6 aromatic carbocycles. The van der Waals surface area contributed by atoms with Crippen LogP contribution in [0.1, 0.15) is 92.2 Å². The molecule has 2 aliphatic heterocycles. The molecule has 2 fully saturated rings. The Hall–Kier alpha value is -6.44. The van der Waals surface area contributed by atoms with Crippen LogP contribution in [0.25, 0.3) is 11.1 Å². The molecule has 0 bridgehead atoms. The van der Waals surface area contributed by atoms with E-state index in [1.54, 1.807) is 43.3 Å². The van der Waals surface area contributed by atoms with Crippen molar-refractivity contribution in [1.82, 2.24) is 9.62 Å². The van der Waals surface area contributed by atoms with Crippen molar-refractivity contribution in [3.63, 3.8) is 0 Å². The molecule has 0 aliphatic carbocycles. The molecule has 0 aromatic heterocycles. The van der Waals surface area contributed by atoms with Gasteiger partial charge in [0.2, 0.25) is 0 Å². The molecule has 8 rings (SSSR count). The zero-order chi connectivity index (χ0) is 65.2. The molecular weight excluding hydrogens is 1250 g/mol. The quantitative estimate of drug-likeness (QED) is 0.0239. The Labute approximate surface area is 537 Å². The summed E-state index contributed by atoms with van der Waals surface area (Å²) in [6.07, 6.45) is 1.84. The summed E-state index contributed by atoms with van der Waals surface area (Å²) < 4.78 is 111. The number of piperidine rings is 2. The summed E-state index contributed by atoms with van der Waals surface area (Å²) in [6.45, 7) is 16.8. The first kappa shape index (κ1) is 69.4. The van der Waals surface area contributed by atoms with Crippen molar-refractivity contribution in [2.24, 2.45) is 11.8 Å². The van der Waals surface area contributed by atoms with Crippen molar-refractivity contribution in [2.45, 2.75) is 110 Å². The first-order valence-electron chi connectivity index (χ1n) is 30.1. The predicted molar refractivity (Wildman–Crippen MR) is 353 cm³/mol. The van der Waals surface area contributed by atoms with Crippen LogP contribution in [-0.2, 0) is 33.8 Å². The Morgan fingerprint density at radius 1 is 0.767 bits per heavy atom. The number of anilines is 4. The molecule has 16 nitrogen and oxygen atoms in total. The fourth-order valence-electron chi connectivity index (χ4n) is 10.7. The van der Waals surface area contributed by atoms with Crippen molar-refractivity contribution >= 4 is 92.1 Å². The number of hydrogen-bond acceptors (Lipinski definition) is 15. The summed E-state index contributed by atoms with van der Waals surface area (Å²) in [5.41, 5.74) is -1.64. The Kier molecular flexibility index (Phi) is 23.1. The maximum atomic E-state index is 14.4. The van der Waals surface area contributed by atoms with E-state index >= 15 is 0 Å². The van der Waals surface area contributed by atoms with E-state index in [9.17, 15) is 49.5 Å². The molecule has 2 amide bonds. The lowest BCUT2D eigenvalue weighted by Gasteiger charge is -2.36. The molecular formula is C66H80ClF3N6O10S3Si. The van der Waals surface area contributed by atoms with Crippen molar-refractivity contribution < 1.29 is 58.7 Å². The molecule has 2 heterocycles. The number of aliphatic hydroxyl groups excluding tert-OH is 1. The zero-order valence-electron chi connectivity index (χ0n) is 51.7. The van der Waals surface area contributed by atoms with Crippen LogP contribution >= 0.6 is 23.4 Å². The normalized spacial score (nSPS) is 15.5. The number of sulfonamides is 1. The second-order valence-electron chi connectivity index (χ2n) is 24.3. The lowest BCUT2D eigenvalue weighted by atomic mass is 9.83. The first-order chi connectivity index (χ1) is 42.5. The number of halogens is 4. The average Bonchev–Trinajstić information content (AvgIpc) is 0.821. The van der Waals surface area contributed by atoms with Crippen LogP contribution in [0.15, 0.2) is 154 Å². The molecule has 4 N–H and O–H groups in total. The van der Waals surface area contributed by atoms with Gasteiger partial charge in [-0.2, -0.15) is 13.2 Å². The van der Waals surface area contributed by atoms with Crippen LogP contribution in [0.3, 0.4) is 0 Å².